The van der Waals surface area contributed by atoms with Crippen LogP contribution in [-0.4, -0.2) is 25.7 Å². The Balaban J connectivity index is 2.35. The van der Waals surface area contributed by atoms with Gasteiger partial charge in [0, 0.05) is 6.04 Å². The Labute approximate surface area is 107 Å². The number of hydrogen-bond donors (Lipinski definition) is 1. The van der Waals surface area contributed by atoms with Crippen LogP contribution in [0.1, 0.15) is 19.4 Å². The van der Waals surface area contributed by atoms with Crippen LogP contribution in [-0.2, 0) is 16.0 Å². The van der Waals surface area contributed by atoms with Crippen LogP contribution in [0.4, 0.5) is 4.39 Å². The van der Waals surface area contributed by atoms with Gasteiger partial charge in [0.2, 0.25) is 0 Å². The number of hydrogen-bond acceptors (Lipinski definition) is 3. The van der Waals surface area contributed by atoms with Gasteiger partial charge in [0.15, 0.2) is 0 Å². The molecule has 0 fully saturated rings. The molecule has 1 aromatic carbocycles. The molecule has 0 saturated carbocycles. The number of rotatable bonds is 6. The normalized spacial score (nSPS) is 14.0. The third kappa shape index (κ3) is 4.45. The first-order valence-corrected chi connectivity index (χ1v) is 6.10. The first kappa shape index (κ1) is 14.6. The fourth-order valence-corrected chi connectivity index (χ4v) is 1.70. The van der Waals surface area contributed by atoms with Crippen LogP contribution < -0.4 is 5.32 Å². The predicted molar refractivity (Wildman–Crippen MR) is 68.7 cm³/mol. The van der Waals surface area contributed by atoms with E-state index in [-0.39, 0.29) is 23.7 Å². The van der Waals surface area contributed by atoms with Crippen molar-refractivity contribution in [3.63, 3.8) is 0 Å². The predicted octanol–water partition coefficient (Wildman–Crippen LogP) is 2.16. The maximum absolute atomic E-state index is 13.0. The number of carbonyl (C=O) groups is 1. The highest BCUT2D eigenvalue weighted by atomic mass is 19.1. The second-order valence-corrected chi connectivity index (χ2v) is 4.43. The number of nitrogens with one attached hydrogen (secondary N) is 1. The van der Waals surface area contributed by atoms with Crippen molar-refractivity contribution >= 4 is 5.97 Å². The lowest BCUT2D eigenvalue weighted by atomic mass is 10.0. The largest absolute Gasteiger partial charge is 0.469 e. The molecule has 18 heavy (non-hydrogen) atoms. The Kier molecular flexibility index (Phi) is 5.78. The second-order valence-electron chi connectivity index (χ2n) is 4.43. The van der Waals surface area contributed by atoms with Crippen LogP contribution in [0.3, 0.4) is 0 Å². The zero-order valence-corrected chi connectivity index (χ0v) is 11.1. The van der Waals surface area contributed by atoms with Crippen molar-refractivity contribution < 1.29 is 13.9 Å². The first-order chi connectivity index (χ1) is 8.54. The third-order valence-electron chi connectivity index (χ3n) is 3.09. The summed E-state index contributed by atoms with van der Waals surface area (Å²) in [7, 11) is 1.39. The first-order valence-electron chi connectivity index (χ1n) is 6.10. The van der Waals surface area contributed by atoms with E-state index >= 15 is 0 Å². The smallest absolute Gasteiger partial charge is 0.309 e. The van der Waals surface area contributed by atoms with Crippen molar-refractivity contribution in [2.24, 2.45) is 5.92 Å². The molecule has 0 amide bonds. The Hall–Kier alpha value is -1.42. The summed E-state index contributed by atoms with van der Waals surface area (Å²) in [4.78, 5) is 11.3. The summed E-state index contributed by atoms with van der Waals surface area (Å²) in [6.45, 7) is 4.46. The van der Waals surface area contributed by atoms with Crippen LogP contribution >= 0.6 is 0 Å². The van der Waals surface area contributed by atoms with E-state index < -0.39 is 0 Å². The number of halogens is 1. The summed E-state index contributed by atoms with van der Waals surface area (Å²) in [6.07, 6.45) is 0.732. The molecule has 0 saturated heterocycles. The fraction of sp³-hybridized carbons (Fsp3) is 0.500. The van der Waals surface area contributed by atoms with E-state index in [2.05, 4.69) is 10.1 Å². The van der Waals surface area contributed by atoms with Gasteiger partial charge in [-0.25, -0.2) is 4.39 Å². The van der Waals surface area contributed by atoms with Crippen molar-refractivity contribution in [1.29, 1.82) is 0 Å². The van der Waals surface area contributed by atoms with Crippen molar-refractivity contribution in [2.75, 3.05) is 13.7 Å². The highest BCUT2D eigenvalue weighted by molar-refractivity contribution is 5.72. The molecule has 0 spiro atoms. The molecule has 0 radical (unpaired) electrons. The van der Waals surface area contributed by atoms with Gasteiger partial charge >= 0.3 is 5.97 Å². The van der Waals surface area contributed by atoms with E-state index in [1.54, 1.807) is 6.07 Å². The van der Waals surface area contributed by atoms with Gasteiger partial charge in [-0.3, -0.25) is 4.79 Å². The molecule has 2 atom stereocenters. The molecule has 0 aliphatic rings. The molecule has 0 heterocycles. The minimum Gasteiger partial charge on any atom is -0.469 e. The van der Waals surface area contributed by atoms with Gasteiger partial charge in [0.25, 0.3) is 0 Å². The monoisotopic (exact) mass is 253 g/mol. The Morgan fingerprint density at radius 1 is 1.44 bits per heavy atom. The topological polar surface area (TPSA) is 38.3 Å². The summed E-state index contributed by atoms with van der Waals surface area (Å²) < 4.78 is 17.6. The maximum atomic E-state index is 13.0. The quantitative estimate of drug-likeness (QED) is 0.789. The average Bonchev–Trinajstić information content (AvgIpc) is 2.36. The number of benzene rings is 1. The number of methoxy groups -OCH3 is 1. The number of carbonyl (C=O) groups excluding carboxylic acids is 1. The van der Waals surface area contributed by atoms with E-state index in [9.17, 15) is 9.18 Å². The molecule has 0 aliphatic heterocycles. The van der Waals surface area contributed by atoms with Crippen LogP contribution in [0, 0.1) is 11.7 Å². The summed E-state index contributed by atoms with van der Waals surface area (Å²) in [5.74, 6) is -0.633. The fourth-order valence-electron chi connectivity index (χ4n) is 1.70. The zero-order valence-electron chi connectivity index (χ0n) is 11.1. The summed E-state index contributed by atoms with van der Waals surface area (Å²) in [5.41, 5.74) is 0.945. The highest BCUT2D eigenvalue weighted by Crippen LogP contribution is 2.06. The van der Waals surface area contributed by atoms with Gasteiger partial charge in [0.05, 0.1) is 13.0 Å². The van der Waals surface area contributed by atoms with Crippen LogP contribution in [0.15, 0.2) is 24.3 Å². The Morgan fingerprint density at radius 2 is 2.17 bits per heavy atom. The van der Waals surface area contributed by atoms with Gasteiger partial charge in [0.1, 0.15) is 5.82 Å². The van der Waals surface area contributed by atoms with E-state index in [1.165, 1.54) is 19.2 Å². The van der Waals surface area contributed by atoms with Gasteiger partial charge in [-0.05, 0) is 37.6 Å². The van der Waals surface area contributed by atoms with Crippen molar-refractivity contribution in [2.45, 2.75) is 26.3 Å². The van der Waals surface area contributed by atoms with Crippen LogP contribution in [0.25, 0.3) is 0 Å². The zero-order chi connectivity index (χ0) is 13.5. The molecule has 3 nitrogen and oxygen atoms in total. The SMILES string of the molecule is COC(=O)C(C)C(C)NCCc1cccc(F)c1. The lowest BCUT2D eigenvalue weighted by Gasteiger charge is -2.19. The molecule has 0 aromatic heterocycles. The molecule has 4 heteroatoms. The van der Waals surface area contributed by atoms with E-state index in [0.29, 0.717) is 6.54 Å². The number of ether oxygens (including phenoxy) is 1. The minimum atomic E-state index is -0.222. The van der Waals surface area contributed by atoms with Crippen LogP contribution in [0.5, 0.6) is 0 Å². The standard InChI is InChI=1S/C14H20FNO2/c1-10(14(17)18-3)11(2)16-8-7-12-5-4-6-13(15)9-12/h4-6,9-11,16H,7-8H2,1-3H3. The van der Waals surface area contributed by atoms with Crippen molar-refractivity contribution in [1.82, 2.24) is 5.32 Å². The van der Waals surface area contributed by atoms with Crippen molar-refractivity contribution in [3.8, 4) is 0 Å². The molecule has 2 unspecified atom stereocenters. The molecule has 1 N–H and O–H groups in total. The average molecular weight is 253 g/mol. The molecule has 0 bridgehead atoms. The Morgan fingerprint density at radius 3 is 2.78 bits per heavy atom. The lowest BCUT2D eigenvalue weighted by Crippen LogP contribution is -2.37. The van der Waals surface area contributed by atoms with Gasteiger partial charge in [-0.15, -0.1) is 0 Å². The molecule has 0 aliphatic carbocycles. The molecular weight excluding hydrogens is 233 g/mol. The number of esters is 1. The Bertz CT molecular complexity index is 395. The summed E-state index contributed by atoms with van der Waals surface area (Å²) in [6, 6.07) is 6.57. The van der Waals surface area contributed by atoms with Gasteiger partial charge < -0.3 is 10.1 Å². The van der Waals surface area contributed by atoms with Crippen molar-refractivity contribution in [3.05, 3.63) is 35.6 Å². The minimum absolute atomic E-state index is 0.0333. The van der Waals surface area contributed by atoms with Gasteiger partial charge in [-0.1, -0.05) is 19.1 Å². The summed E-state index contributed by atoms with van der Waals surface area (Å²) >= 11 is 0. The molecular formula is C14H20FNO2. The molecule has 1 rings (SSSR count). The maximum Gasteiger partial charge on any atom is 0.309 e. The van der Waals surface area contributed by atoms with E-state index in [0.717, 1.165) is 12.0 Å². The third-order valence-corrected chi connectivity index (χ3v) is 3.09. The molecule has 100 valence electrons. The van der Waals surface area contributed by atoms with Crippen LogP contribution in [0.2, 0.25) is 0 Å². The second kappa shape index (κ2) is 7.11. The molecule has 1 aromatic rings. The van der Waals surface area contributed by atoms with Gasteiger partial charge in [-0.2, -0.15) is 0 Å². The lowest BCUT2D eigenvalue weighted by molar-refractivity contribution is -0.145. The highest BCUT2D eigenvalue weighted by Gasteiger charge is 2.19. The van der Waals surface area contributed by atoms with E-state index in [1.807, 2.05) is 19.9 Å². The summed E-state index contributed by atoms with van der Waals surface area (Å²) in [5, 5.41) is 3.24. The van der Waals surface area contributed by atoms with E-state index in [4.69, 9.17) is 0 Å².